The topological polar surface area (TPSA) is 54.4 Å². The molecule has 0 radical (unpaired) electrons. The number of hydrogen-bond acceptors (Lipinski definition) is 3. The average Bonchev–Trinajstić information content (AvgIpc) is 2.70. The lowest BCUT2D eigenvalue weighted by Crippen LogP contribution is -2.13. The van der Waals surface area contributed by atoms with Crippen LogP contribution in [-0.4, -0.2) is 32.5 Å². The Hall–Kier alpha value is -0.810. The number of fused-ring (bicyclic) bond motifs is 1. The molecule has 2 rings (SSSR count). The number of thioether (sulfide) groups is 1. The molecule has 2 unspecified atom stereocenters. The van der Waals surface area contributed by atoms with Crippen molar-refractivity contribution in [2.45, 2.75) is 17.2 Å². The fourth-order valence-corrected chi connectivity index (χ4v) is 4.59. The van der Waals surface area contributed by atoms with E-state index in [0.717, 1.165) is 5.75 Å². The van der Waals surface area contributed by atoms with Gasteiger partial charge < -0.3 is 5.11 Å². The zero-order valence-corrected chi connectivity index (χ0v) is 10.9. The van der Waals surface area contributed by atoms with Crippen LogP contribution >= 0.6 is 11.8 Å². The first kappa shape index (κ1) is 12.6. The molecule has 5 heteroatoms. The molecule has 0 aliphatic carbocycles. The molecule has 0 spiro atoms. The minimum Gasteiger partial charge on any atom is -0.481 e. The van der Waals surface area contributed by atoms with Crippen molar-refractivity contribution >= 4 is 28.5 Å². The second-order valence-corrected chi connectivity index (χ2v) is 6.68. The van der Waals surface area contributed by atoms with Crippen molar-refractivity contribution in [1.29, 1.82) is 0 Å². The quantitative estimate of drug-likeness (QED) is 0.890. The van der Waals surface area contributed by atoms with Crippen LogP contribution in [0.25, 0.3) is 0 Å². The highest BCUT2D eigenvalue weighted by molar-refractivity contribution is 7.99. The molecule has 1 aromatic carbocycles. The summed E-state index contributed by atoms with van der Waals surface area (Å²) in [6, 6.07) is 8.17. The Morgan fingerprint density at radius 2 is 2.24 bits per heavy atom. The van der Waals surface area contributed by atoms with E-state index in [1.54, 1.807) is 11.8 Å². The first-order valence-electron chi connectivity index (χ1n) is 5.45. The molecule has 1 heterocycles. The Morgan fingerprint density at radius 3 is 3.00 bits per heavy atom. The van der Waals surface area contributed by atoms with Gasteiger partial charge in [0.1, 0.15) is 0 Å². The predicted octanol–water partition coefficient (Wildman–Crippen LogP) is 2.10. The van der Waals surface area contributed by atoms with Crippen molar-refractivity contribution in [3.63, 3.8) is 0 Å². The summed E-state index contributed by atoms with van der Waals surface area (Å²) >= 11 is 1.79. The van der Waals surface area contributed by atoms with Crippen molar-refractivity contribution in [1.82, 2.24) is 0 Å². The molecule has 0 saturated heterocycles. The highest BCUT2D eigenvalue weighted by Crippen LogP contribution is 2.39. The summed E-state index contributed by atoms with van der Waals surface area (Å²) in [6.07, 6.45) is -0.00583. The van der Waals surface area contributed by atoms with Gasteiger partial charge in [-0.25, -0.2) is 0 Å². The first-order valence-corrected chi connectivity index (χ1v) is 7.92. The van der Waals surface area contributed by atoms with Gasteiger partial charge in [-0.05, 0) is 11.6 Å². The van der Waals surface area contributed by atoms with E-state index >= 15 is 0 Å². The third kappa shape index (κ3) is 3.33. The Bertz CT molecular complexity index is 445. The van der Waals surface area contributed by atoms with Gasteiger partial charge >= 0.3 is 5.97 Å². The molecule has 0 fully saturated rings. The Labute approximate surface area is 107 Å². The monoisotopic (exact) mass is 270 g/mol. The molecule has 0 aromatic heterocycles. The standard InChI is InChI=1S/C12H14O3S2/c13-12(14)5-6-17(15)8-9-7-16-11-4-2-1-3-10(9)11/h1-4,9H,5-8H2,(H,13,14). The van der Waals surface area contributed by atoms with Gasteiger partial charge in [-0.15, -0.1) is 11.8 Å². The Morgan fingerprint density at radius 1 is 1.47 bits per heavy atom. The molecule has 1 aromatic rings. The molecule has 17 heavy (non-hydrogen) atoms. The minimum atomic E-state index is -1.03. The fraction of sp³-hybridized carbons (Fsp3) is 0.417. The van der Waals surface area contributed by atoms with Gasteiger partial charge in [0.15, 0.2) is 0 Å². The van der Waals surface area contributed by atoms with Gasteiger partial charge in [-0.2, -0.15) is 0 Å². The van der Waals surface area contributed by atoms with Crippen molar-refractivity contribution in [3.8, 4) is 0 Å². The lowest BCUT2D eigenvalue weighted by atomic mass is 10.0. The maximum Gasteiger partial charge on any atom is 0.304 e. The van der Waals surface area contributed by atoms with Gasteiger partial charge in [0, 0.05) is 38.9 Å². The largest absolute Gasteiger partial charge is 0.481 e. The van der Waals surface area contributed by atoms with Crippen LogP contribution < -0.4 is 0 Å². The fourth-order valence-electron chi connectivity index (χ4n) is 1.88. The van der Waals surface area contributed by atoms with E-state index in [2.05, 4.69) is 12.1 Å². The molecule has 1 aliphatic rings. The van der Waals surface area contributed by atoms with Crippen LogP contribution in [0.2, 0.25) is 0 Å². The minimum absolute atomic E-state index is 0.00583. The summed E-state index contributed by atoms with van der Waals surface area (Å²) in [5.41, 5.74) is 1.26. The summed E-state index contributed by atoms with van der Waals surface area (Å²) in [5.74, 6) is 1.24. The Balaban J connectivity index is 1.93. The predicted molar refractivity (Wildman–Crippen MR) is 70.0 cm³/mol. The highest BCUT2D eigenvalue weighted by Gasteiger charge is 2.24. The van der Waals surface area contributed by atoms with Crippen LogP contribution in [0, 0.1) is 0 Å². The molecule has 0 amide bonds. The second-order valence-electron chi connectivity index (χ2n) is 4.00. The molecule has 0 saturated carbocycles. The third-order valence-corrected chi connectivity index (χ3v) is 5.41. The summed E-state index contributed by atoms with van der Waals surface area (Å²) in [4.78, 5) is 11.7. The third-order valence-electron chi connectivity index (χ3n) is 2.73. The van der Waals surface area contributed by atoms with Crippen LogP contribution in [-0.2, 0) is 15.6 Å². The van der Waals surface area contributed by atoms with Crippen LogP contribution in [0.15, 0.2) is 29.2 Å². The molecule has 1 N–H and O–H groups in total. The zero-order valence-electron chi connectivity index (χ0n) is 9.30. The lowest BCUT2D eigenvalue weighted by molar-refractivity contribution is -0.136. The highest BCUT2D eigenvalue weighted by atomic mass is 32.2. The average molecular weight is 270 g/mol. The molecular weight excluding hydrogens is 256 g/mol. The summed E-state index contributed by atoms with van der Waals surface area (Å²) in [5, 5.41) is 8.54. The van der Waals surface area contributed by atoms with Crippen LogP contribution in [0.1, 0.15) is 17.9 Å². The molecular formula is C12H14O3S2. The number of carboxylic acid groups (broad SMARTS) is 1. The normalized spacial score (nSPS) is 19.9. The maximum absolute atomic E-state index is 11.8. The molecule has 92 valence electrons. The lowest BCUT2D eigenvalue weighted by Gasteiger charge is -2.09. The van der Waals surface area contributed by atoms with Crippen molar-refractivity contribution in [3.05, 3.63) is 29.8 Å². The summed E-state index contributed by atoms with van der Waals surface area (Å²) in [6.45, 7) is 0. The number of carboxylic acids is 1. The van der Waals surface area contributed by atoms with E-state index < -0.39 is 16.8 Å². The number of rotatable bonds is 5. The number of carbonyl (C=O) groups is 1. The Kier molecular flexibility index (Phi) is 4.23. The summed E-state index contributed by atoms with van der Waals surface area (Å²) in [7, 11) is -1.03. The smallest absolute Gasteiger partial charge is 0.304 e. The number of benzene rings is 1. The van der Waals surface area contributed by atoms with Crippen molar-refractivity contribution in [2.75, 3.05) is 17.3 Å². The van der Waals surface area contributed by atoms with Gasteiger partial charge in [-0.3, -0.25) is 9.00 Å². The number of hydrogen-bond donors (Lipinski definition) is 1. The van der Waals surface area contributed by atoms with Crippen molar-refractivity contribution < 1.29 is 14.1 Å². The van der Waals surface area contributed by atoms with Crippen LogP contribution in [0.4, 0.5) is 0 Å². The van der Waals surface area contributed by atoms with Crippen molar-refractivity contribution in [2.24, 2.45) is 0 Å². The van der Waals surface area contributed by atoms with E-state index in [4.69, 9.17) is 5.11 Å². The van der Waals surface area contributed by atoms with Crippen LogP contribution in [0.5, 0.6) is 0 Å². The van der Waals surface area contributed by atoms with Gasteiger partial charge in [0.25, 0.3) is 0 Å². The zero-order chi connectivity index (χ0) is 12.3. The maximum atomic E-state index is 11.8. The SMILES string of the molecule is O=C(O)CCS(=O)CC1CSc2ccccc21. The van der Waals surface area contributed by atoms with Gasteiger partial charge in [-0.1, -0.05) is 18.2 Å². The first-order chi connectivity index (χ1) is 8.16. The van der Waals surface area contributed by atoms with E-state index in [1.165, 1.54) is 10.5 Å². The second kappa shape index (κ2) is 5.69. The molecule has 1 aliphatic heterocycles. The van der Waals surface area contributed by atoms with E-state index in [-0.39, 0.29) is 12.2 Å². The van der Waals surface area contributed by atoms with Gasteiger partial charge in [0.2, 0.25) is 0 Å². The molecule has 0 bridgehead atoms. The van der Waals surface area contributed by atoms with Gasteiger partial charge in [0.05, 0.1) is 6.42 Å². The molecule has 2 atom stereocenters. The number of aliphatic carboxylic acids is 1. The van der Waals surface area contributed by atoms with E-state index in [0.29, 0.717) is 11.7 Å². The van der Waals surface area contributed by atoms with E-state index in [1.807, 2.05) is 12.1 Å². The summed E-state index contributed by atoms with van der Waals surface area (Å²) < 4.78 is 11.8. The van der Waals surface area contributed by atoms with Crippen LogP contribution in [0.3, 0.4) is 0 Å². The van der Waals surface area contributed by atoms with E-state index in [9.17, 15) is 9.00 Å². The molecule has 3 nitrogen and oxygen atoms in total.